The van der Waals surface area contributed by atoms with E-state index in [2.05, 4.69) is 11.5 Å². The maximum absolute atomic E-state index is 13.8. The van der Waals surface area contributed by atoms with Crippen LogP contribution >= 0.6 is 0 Å². The highest BCUT2D eigenvalue weighted by Gasteiger charge is 2.53. The third-order valence-electron chi connectivity index (χ3n) is 6.47. The molecule has 3 aromatic rings. The van der Waals surface area contributed by atoms with Gasteiger partial charge in [-0.1, -0.05) is 18.7 Å². The van der Waals surface area contributed by atoms with Crippen LogP contribution in [0.25, 0.3) is 23.1 Å². The molecule has 5 rings (SSSR count). The van der Waals surface area contributed by atoms with E-state index in [4.69, 9.17) is 19.4 Å². The zero-order chi connectivity index (χ0) is 24.6. The summed E-state index contributed by atoms with van der Waals surface area (Å²) in [6.45, 7) is 9.21. The van der Waals surface area contributed by atoms with Crippen molar-refractivity contribution in [1.82, 2.24) is 14.9 Å². The van der Waals surface area contributed by atoms with Gasteiger partial charge in [0.1, 0.15) is 11.6 Å². The number of hydrogen-bond acceptors (Lipinski definition) is 6. The zero-order valence-corrected chi connectivity index (χ0v) is 19.8. The molecular formula is C27H27FN4O3. The first-order chi connectivity index (χ1) is 16.9. The van der Waals surface area contributed by atoms with Crippen LogP contribution in [0, 0.1) is 11.2 Å². The molecule has 0 saturated carbocycles. The number of aromatic nitrogens is 2. The second-order valence-corrected chi connectivity index (χ2v) is 9.00. The molecular weight excluding hydrogens is 447 g/mol. The Labute approximate surface area is 203 Å². The Bertz CT molecular complexity index is 1330. The first-order valence-electron chi connectivity index (χ1n) is 11.6. The molecule has 0 aliphatic carbocycles. The van der Waals surface area contributed by atoms with Gasteiger partial charge in [0, 0.05) is 37.0 Å². The number of halogens is 1. The SMILES string of the molecule is C=CC(=O)N1CC2(C1)CN(c1nc(/C=C/c3ccc(F)c(OC)c3)nc3ccc(OCC)cc13)C2. The maximum atomic E-state index is 13.8. The number of likely N-dealkylation sites (tertiary alicyclic amines) is 1. The van der Waals surface area contributed by atoms with Crippen molar-refractivity contribution in [2.75, 3.05) is 44.8 Å². The predicted molar refractivity (Wildman–Crippen MR) is 134 cm³/mol. The highest BCUT2D eigenvalue weighted by atomic mass is 19.1. The maximum Gasteiger partial charge on any atom is 0.245 e. The number of ether oxygens (including phenoxy) is 2. The number of rotatable bonds is 7. The molecule has 0 N–H and O–H groups in total. The Kier molecular flexibility index (Phi) is 5.88. The van der Waals surface area contributed by atoms with Crippen LogP contribution in [0.2, 0.25) is 0 Å². The third-order valence-corrected chi connectivity index (χ3v) is 6.47. The molecule has 180 valence electrons. The molecule has 2 saturated heterocycles. The number of methoxy groups -OCH3 is 1. The lowest BCUT2D eigenvalue weighted by atomic mass is 9.72. The normalized spacial score (nSPS) is 16.3. The number of amides is 1. The number of carbonyl (C=O) groups is 1. The van der Waals surface area contributed by atoms with Gasteiger partial charge >= 0.3 is 0 Å². The summed E-state index contributed by atoms with van der Waals surface area (Å²) in [6.07, 6.45) is 5.02. The number of nitrogens with zero attached hydrogens (tertiary/aromatic N) is 4. The zero-order valence-electron chi connectivity index (χ0n) is 19.8. The number of anilines is 1. The van der Waals surface area contributed by atoms with Crippen LogP contribution in [-0.2, 0) is 4.79 Å². The molecule has 1 spiro atoms. The molecule has 2 fully saturated rings. The molecule has 2 aliphatic heterocycles. The van der Waals surface area contributed by atoms with Gasteiger partial charge in [-0.2, -0.15) is 0 Å². The average Bonchev–Trinajstić information content (AvgIpc) is 2.81. The quantitative estimate of drug-likeness (QED) is 0.479. The summed E-state index contributed by atoms with van der Waals surface area (Å²) in [5, 5.41) is 0.921. The van der Waals surface area contributed by atoms with Crippen molar-refractivity contribution < 1.29 is 18.7 Å². The number of benzene rings is 2. The summed E-state index contributed by atoms with van der Waals surface area (Å²) in [5.74, 6) is 1.92. The molecule has 1 amide bonds. The van der Waals surface area contributed by atoms with Crippen molar-refractivity contribution in [1.29, 1.82) is 0 Å². The van der Waals surface area contributed by atoms with Gasteiger partial charge < -0.3 is 19.3 Å². The second kappa shape index (κ2) is 9.02. The van der Waals surface area contributed by atoms with E-state index in [0.29, 0.717) is 12.4 Å². The van der Waals surface area contributed by atoms with Crippen molar-refractivity contribution >= 4 is 34.8 Å². The molecule has 8 heteroatoms. The average molecular weight is 475 g/mol. The van der Waals surface area contributed by atoms with Crippen LogP contribution < -0.4 is 14.4 Å². The summed E-state index contributed by atoms with van der Waals surface area (Å²) in [5.41, 5.74) is 1.70. The summed E-state index contributed by atoms with van der Waals surface area (Å²) in [7, 11) is 1.44. The van der Waals surface area contributed by atoms with E-state index in [9.17, 15) is 9.18 Å². The Morgan fingerprint density at radius 3 is 2.66 bits per heavy atom. The van der Waals surface area contributed by atoms with Gasteiger partial charge in [-0.25, -0.2) is 14.4 Å². The largest absolute Gasteiger partial charge is 0.494 e. The van der Waals surface area contributed by atoms with Gasteiger partial charge in [-0.15, -0.1) is 0 Å². The van der Waals surface area contributed by atoms with Crippen LogP contribution in [0.15, 0.2) is 49.1 Å². The highest BCUT2D eigenvalue weighted by Crippen LogP contribution is 2.43. The van der Waals surface area contributed by atoms with Gasteiger partial charge in [0.05, 0.1) is 19.2 Å². The van der Waals surface area contributed by atoms with Crippen LogP contribution in [0.4, 0.5) is 10.2 Å². The van der Waals surface area contributed by atoms with Gasteiger partial charge in [-0.3, -0.25) is 4.79 Å². The molecule has 2 aliphatic rings. The number of fused-ring (bicyclic) bond motifs is 1. The van der Waals surface area contributed by atoms with Crippen molar-refractivity contribution in [2.45, 2.75) is 6.92 Å². The lowest BCUT2D eigenvalue weighted by Crippen LogP contribution is -2.73. The minimum atomic E-state index is -0.407. The number of carbonyl (C=O) groups excluding carboxylic acids is 1. The van der Waals surface area contributed by atoms with Gasteiger partial charge in [-0.05, 0) is 55.0 Å². The molecule has 7 nitrogen and oxygen atoms in total. The fourth-order valence-corrected chi connectivity index (χ4v) is 4.79. The van der Waals surface area contributed by atoms with Crippen LogP contribution in [-0.4, -0.2) is 60.7 Å². The van der Waals surface area contributed by atoms with Gasteiger partial charge in [0.25, 0.3) is 0 Å². The summed E-state index contributed by atoms with van der Waals surface area (Å²) in [6, 6.07) is 10.5. The lowest BCUT2D eigenvalue weighted by Gasteiger charge is -2.60. The minimum Gasteiger partial charge on any atom is -0.494 e. The number of hydrogen-bond donors (Lipinski definition) is 0. The molecule has 0 unspecified atom stereocenters. The molecule has 3 heterocycles. The molecule has 0 atom stereocenters. The smallest absolute Gasteiger partial charge is 0.245 e. The van der Waals surface area contributed by atoms with Gasteiger partial charge in [0.2, 0.25) is 5.91 Å². The van der Waals surface area contributed by atoms with E-state index in [1.807, 2.05) is 42.2 Å². The van der Waals surface area contributed by atoms with Crippen LogP contribution in [0.1, 0.15) is 18.3 Å². The van der Waals surface area contributed by atoms with E-state index in [0.717, 1.165) is 54.2 Å². The standard InChI is InChI=1S/C27H27FN4O3/c1-4-25(33)31-14-27(15-31)16-32(17-27)26-20-13-19(35-5-2)8-10-22(20)29-24(30-26)11-7-18-6-9-21(28)23(12-18)34-3/h4,6-13H,1,5,14-17H2,2-3H3/b11-7+. The Morgan fingerprint density at radius 1 is 1.14 bits per heavy atom. The molecule has 2 aromatic carbocycles. The second-order valence-electron chi connectivity index (χ2n) is 9.00. The summed E-state index contributed by atoms with van der Waals surface area (Å²) < 4.78 is 24.5. The molecule has 0 bridgehead atoms. The Balaban J connectivity index is 1.44. The predicted octanol–water partition coefficient (Wildman–Crippen LogP) is 4.18. The Hall–Kier alpha value is -3.94. The molecule has 35 heavy (non-hydrogen) atoms. The van der Waals surface area contributed by atoms with Crippen LogP contribution in [0.5, 0.6) is 11.5 Å². The van der Waals surface area contributed by atoms with Crippen molar-refractivity contribution in [2.24, 2.45) is 5.41 Å². The monoisotopic (exact) mass is 474 g/mol. The first kappa shape index (κ1) is 22.8. The van der Waals surface area contributed by atoms with E-state index in [1.54, 1.807) is 12.1 Å². The summed E-state index contributed by atoms with van der Waals surface area (Å²) in [4.78, 5) is 25.5. The summed E-state index contributed by atoms with van der Waals surface area (Å²) >= 11 is 0. The van der Waals surface area contributed by atoms with E-state index < -0.39 is 5.82 Å². The third kappa shape index (κ3) is 4.32. The van der Waals surface area contributed by atoms with Crippen molar-refractivity contribution in [3.05, 3.63) is 66.3 Å². The fraction of sp³-hybridized carbons (Fsp3) is 0.296. The van der Waals surface area contributed by atoms with E-state index in [-0.39, 0.29) is 17.1 Å². The highest BCUT2D eigenvalue weighted by molar-refractivity contribution is 5.92. The fourth-order valence-electron chi connectivity index (χ4n) is 4.79. The molecule has 1 aromatic heterocycles. The minimum absolute atomic E-state index is 0.0206. The van der Waals surface area contributed by atoms with E-state index >= 15 is 0 Å². The topological polar surface area (TPSA) is 67.8 Å². The lowest BCUT2D eigenvalue weighted by molar-refractivity contribution is -0.139. The van der Waals surface area contributed by atoms with E-state index in [1.165, 1.54) is 19.3 Å². The first-order valence-corrected chi connectivity index (χ1v) is 11.6. The van der Waals surface area contributed by atoms with Crippen molar-refractivity contribution in [3.63, 3.8) is 0 Å². The van der Waals surface area contributed by atoms with Crippen LogP contribution in [0.3, 0.4) is 0 Å². The molecule has 0 radical (unpaired) electrons. The van der Waals surface area contributed by atoms with Gasteiger partial charge in [0.15, 0.2) is 17.4 Å². The van der Waals surface area contributed by atoms with Crippen molar-refractivity contribution in [3.8, 4) is 11.5 Å². The Morgan fingerprint density at radius 2 is 1.94 bits per heavy atom.